The Hall–Kier alpha value is -0.880. The number of aromatic carboxylic acids is 1. The molecule has 0 fully saturated rings. The number of hydrogen-bond donors (Lipinski definition) is 2. The molecule has 2 N–H and O–H groups in total. The Balaban J connectivity index is 0.00000144. The van der Waals surface area contributed by atoms with Crippen molar-refractivity contribution in [3.63, 3.8) is 0 Å². The van der Waals surface area contributed by atoms with Crippen LogP contribution in [0.15, 0.2) is 24.3 Å². The summed E-state index contributed by atoms with van der Waals surface area (Å²) in [4.78, 5) is 22.2. The average molecular weight is 260 g/mol. The van der Waals surface area contributed by atoms with E-state index in [0.29, 0.717) is 10.3 Å². The topological polar surface area (TPSA) is 74.6 Å². The molecule has 0 radical (unpaired) electrons. The minimum Gasteiger partial charge on any atom is -1.00 e. The summed E-state index contributed by atoms with van der Waals surface area (Å²) in [6.07, 6.45) is -0.0710. The van der Waals surface area contributed by atoms with E-state index in [9.17, 15) is 9.59 Å². The Labute approximate surface area is 125 Å². The molecule has 0 aliphatic carbocycles. The first kappa shape index (κ1) is 14.2. The number of carboxylic acids is 2. The third-order valence-electron chi connectivity index (χ3n) is 2.17. The molecule has 1 heterocycles. The molecule has 84 valence electrons. The molecule has 0 aliphatic heterocycles. The monoisotopic (exact) mass is 260 g/mol. The van der Waals surface area contributed by atoms with E-state index >= 15 is 0 Å². The van der Waals surface area contributed by atoms with Crippen molar-refractivity contribution >= 4 is 33.4 Å². The van der Waals surface area contributed by atoms with Crippen LogP contribution in [-0.4, -0.2) is 22.2 Å². The number of thiophene rings is 1. The number of hydrogen-bond acceptors (Lipinski definition) is 3. The van der Waals surface area contributed by atoms with Gasteiger partial charge in [-0.05, 0) is 18.2 Å². The molecule has 0 unspecified atom stereocenters. The molecule has 17 heavy (non-hydrogen) atoms. The predicted molar refractivity (Wildman–Crippen MR) is 61.2 cm³/mol. The minimum absolute atomic E-state index is 0. The molecule has 0 spiro atoms. The van der Waals surface area contributed by atoms with Gasteiger partial charge in [-0.2, -0.15) is 0 Å². The molecule has 0 aliphatic rings. The van der Waals surface area contributed by atoms with Crippen LogP contribution < -0.4 is 29.6 Å². The maximum atomic E-state index is 10.9. The Morgan fingerprint density at radius 3 is 2.59 bits per heavy atom. The van der Waals surface area contributed by atoms with Crippen molar-refractivity contribution in [1.82, 2.24) is 0 Å². The van der Waals surface area contributed by atoms with E-state index in [1.54, 1.807) is 18.2 Å². The van der Waals surface area contributed by atoms with Gasteiger partial charge in [0.25, 0.3) is 0 Å². The largest absolute Gasteiger partial charge is 1.00 e. The summed E-state index contributed by atoms with van der Waals surface area (Å²) in [5, 5.41) is 18.2. The molecule has 1 aromatic carbocycles. The van der Waals surface area contributed by atoms with Gasteiger partial charge in [-0.15, -0.1) is 11.3 Å². The van der Waals surface area contributed by atoms with E-state index in [0.717, 1.165) is 4.70 Å². The van der Waals surface area contributed by atoms with Gasteiger partial charge in [0.05, 0.1) is 12.0 Å². The molecule has 6 heteroatoms. The zero-order valence-corrected chi connectivity index (χ0v) is 12.0. The van der Waals surface area contributed by atoms with E-state index in [2.05, 4.69) is 0 Å². The standard InChI is InChI=1S/C11H8O4S.Na.H/c12-10(13)5-6-4-8-7(11(14)15)2-1-3-9(8)16-6;;/h1-4H,5H2,(H,12,13)(H,14,15);;/q;+1;-1. The van der Waals surface area contributed by atoms with E-state index in [4.69, 9.17) is 10.2 Å². The average Bonchev–Trinajstić information content (AvgIpc) is 2.57. The van der Waals surface area contributed by atoms with Gasteiger partial charge in [-0.3, -0.25) is 4.79 Å². The van der Waals surface area contributed by atoms with Crippen molar-refractivity contribution in [1.29, 1.82) is 0 Å². The van der Waals surface area contributed by atoms with Gasteiger partial charge >= 0.3 is 41.5 Å². The van der Waals surface area contributed by atoms with Crippen LogP contribution in [0.1, 0.15) is 16.7 Å². The molecule has 1 aromatic heterocycles. The van der Waals surface area contributed by atoms with Crippen LogP contribution in [0, 0.1) is 0 Å². The Morgan fingerprint density at radius 1 is 1.29 bits per heavy atom. The smallest absolute Gasteiger partial charge is 1.00 e. The first-order valence-electron chi connectivity index (χ1n) is 4.54. The van der Waals surface area contributed by atoms with E-state index in [-0.39, 0.29) is 43.0 Å². The summed E-state index contributed by atoms with van der Waals surface area (Å²) < 4.78 is 0.802. The minimum atomic E-state index is -0.995. The molecule has 0 atom stereocenters. The summed E-state index contributed by atoms with van der Waals surface area (Å²) in [6.45, 7) is 0. The van der Waals surface area contributed by atoms with Gasteiger partial charge in [0.15, 0.2) is 0 Å². The molecular weight excluding hydrogens is 251 g/mol. The zero-order valence-electron chi connectivity index (χ0n) is 10.1. The molecular formula is C11H9NaO4S. The molecule has 0 bridgehead atoms. The third-order valence-corrected chi connectivity index (χ3v) is 3.27. The summed E-state index contributed by atoms with van der Waals surface area (Å²) in [7, 11) is 0. The number of benzene rings is 1. The second kappa shape index (κ2) is 5.64. The first-order chi connectivity index (χ1) is 7.58. The van der Waals surface area contributed by atoms with Gasteiger partial charge < -0.3 is 11.6 Å². The molecule has 0 amide bonds. The van der Waals surface area contributed by atoms with Gasteiger partial charge in [0.1, 0.15) is 0 Å². The quantitative estimate of drug-likeness (QED) is 0.719. The number of carboxylic acid groups (broad SMARTS) is 2. The summed E-state index contributed by atoms with van der Waals surface area (Å²) in [5.74, 6) is -1.91. The summed E-state index contributed by atoms with van der Waals surface area (Å²) in [6, 6.07) is 6.60. The molecule has 0 saturated carbocycles. The third kappa shape index (κ3) is 3.07. The van der Waals surface area contributed by atoms with Gasteiger partial charge in [0.2, 0.25) is 0 Å². The fraction of sp³-hybridized carbons (Fsp3) is 0.0909. The molecule has 4 nitrogen and oxygen atoms in total. The van der Waals surface area contributed by atoms with Crippen LogP contribution in [0.5, 0.6) is 0 Å². The maximum Gasteiger partial charge on any atom is 1.00 e. The van der Waals surface area contributed by atoms with E-state index in [1.807, 2.05) is 0 Å². The molecule has 0 saturated heterocycles. The van der Waals surface area contributed by atoms with Crippen molar-refractivity contribution in [2.75, 3.05) is 0 Å². The van der Waals surface area contributed by atoms with Gasteiger partial charge in [-0.25, -0.2) is 4.79 Å². The van der Waals surface area contributed by atoms with Gasteiger partial charge in [-0.1, -0.05) is 6.07 Å². The van der Waals surface area contributed by atoms with Crippen LogP contribution in [0.2, 0.25) is 0 Å². The Morgan fingerprint density at radius 2 is 2.00 bits per heavy atom. The first-order valence-corrected chi connectivity index (χ1v) is 5.36. The number of fused-ring (bicyclic) bond motifs is 1. The maximum absolute atomic E-state index is 10.9. The van der Waals surface area contributed by atoms with Crippen molar-refractivity contribution in [3.05, 3.63) is 34.7 Å². The fourth-order valence-electron chi connectivity index (χ4n) is 1.54. The molecule has 2 rings (SSSR count). The van der Waals surface area contributed by atoms with Crippen molar-refractivity contribution < 1.29 is 50.8 Å². The van der Waals surface area contributed by atoms with E-state index < -0.39 is 11.9 Å². The zero-order chi connectivity index (χ0) is 11.7. The number of carbonyl (C=O) groups is 2. The predicted octanol–water partition coefficient (Wildman–Crippen LogP) is -0.657. The van der Waals surface area contributed by atoms with Crippen LogP contribution in [-0.2, 0) is 11.2 Å². The number of rotatable bonds is 3. The van der Waals surface area contributed by atoms with Crippen LogP contribution in [0.25, 0.3) is 10.1 Å². The summed E-state index contributed by atoms with van der Waals surface area (Å²) in [5.41, 5.74) is 0.213. The Bertz CT molecular complexity index is 581. The van der Waals surface area contributed by atoms with Crippen molar-refractivity contribution in [2.24, 2.45) is 0 Å². The van der Waals surface area contributed by atoms with E-state index in [1.165, 1.54) is 17.4 Å². The summed E-state index contributed by atoms with van der Waals surface area (Å²) >= 11 is 1.31. The number of aliphatic carboxylic acids is 1. The van der Waals surface area contributed by atoms with Crippen LogP contribution in [0.3, 0.4) is 0 Å². The Kier molecular flexibility index (Phi) is 4.70. The SMILES string of the molecule is O=C(O)Cc1cc2c(C(=O)O)cccc2s1.[H-].[Na+]. The van der Waals surface area contributed by atoms with Crippen LogP contribution in [0.4, 0.5) is 0 Å². The van der Waals surface area contributed by atoms with Crippen LogP contribution >= 0.6 is 11.3 Å². The second-order valence-electron chi connectivity index (χ2n) is 3.31. The molecule has 2 aromatic rings. The fourth-order valence-corrected chi connectivity index (χ4v) is 2.62. The van der Waals surface area contributed by atoms with Gasteiger partial charge in [0, 0.05) is 15.0 Å². The second-order valence-corrected chi connectivity index (χ2v) is 4.47. The normalized spacial score (nSPS) is 9.88. The van der Waals surface area contributed by atoms with Crippen molar-refractivity contribution in [3.8, 4) is 0 Å². The van der Waals surface area contributed by atoms with Crippen molar-refractivity contribution in [2.45, 2.75) is 6.42 Å².